The van der Waals surface area contributed by atoms with Crippen LogP contribution < -0.4 is 26.2 Å². The van der Waals surface area contributed by atoms with Crippen molar-refractivity contribution in [1.82, 2.24) is 30.4 Å². The molecule has 1 aromatic heterocycles. The number of carbonyl (C=O) groups is 5. The molecule has 0 saturated carbocycles. The maximum atomic E-state index is 15.5. The minimum atomic E-state index is -0.751. The summed E-state index contributed by atoms with van der Waals surface area (Å²) in [6.45, 7) is 8.37. The third-order valence-corrected chi connectivity index (χ3v) is 12.9. The molecule has 3 aromatic carbocycles. The number of aryl methyl sites for hydroxylation is 1. The van der Waals surface area contributed by atoms with Crippen molar-refractivity contribution in [3.05, 3.63) is 85.1 Å². The monoisotopic (exact) mass is 1010 g/mol. The first-order valence-corrected chi connectivity index (χ1v) is 23.8. The Morgan fingerprint density at radius 1 is 0.955 bits per heavy atom. The summed E-state index contributed by atoms with van der Waals surface area (Å²) in [5, 5.41) is 12.8. The number of hydrogen-bond acceptors (Lipinski definition) is 10. The second-order valence-corrected chi connectivity index (χ2v) is 19.1. The summed E-state index contributed by atoms with van der Waals surface area (Å²) in [5.41, 5.74) is 3.20. The predicted octanol–water partition coefficient (Wildman–Crippen LogP) is 9.26. The highest BCUT2D eigenvalue weighted by Gasteiger charge is 2.36. The van der Waals surface area contributed by atoms with Crippen molar-refractivity contribution in [1.29, 1.82) is 0 Å². The zero-order chi connectivity index (χ0) is 47.5. The number of unbranched alkanes of at least 4 members (excludes halogenated alkanes) is 5. The van der Waals surface area contributed by atoms with Crippen LogP contribution in [0.5, 0.6) is 0 Å². The van der Waals surface area contributed by atoms with Crippen LogP contribution in [0.2, 0.25) is 10.0 Å². The topological polar surface area (TPSA) is 178 Å². The van der Waals surface area contributed by atoms with E-state index >= 15 is 4.39 Å². The largest absolute Gasteiger partial charge is 0.444 e. The highest BCUT2D eigenvalue weighted by atomic mass is 79.9. The molecule has 4 aromatic rings. The SMILES string of the molecule is CNC(=O)C(CCC=O)N1Cc2cc(CNC(=O)Nc3cc(Cl)cc(CCCCCCCCNc4nc(N5CCN(C(=O)OC(C)(C)C)CC5)c5cc(Cl)c(Br)c(F)c5n4)c3)ccc2C1=O. The quantitative estimate of drug-likeness (QED) is 0.0402. The Kier molecular flexibility index (Phi) is 17.5. The van der Waals surface area contributed by atoms with Gasteiger partial charge in [-0.1, -0.05) is 61.0 Å². The average Bonchev–Trinajstić information content (AvgIpc) is 3.60. The third-order valence-electron chi connectivity index (χ3n) is 11.4. The van der Waals surface area contributed by atoms with Crippen LogP contribution in [-0.2, 0) is 33.8 Å². The van der Waals surface area contributed by atoms with Crippen molar-refractivity contribution >= 4 is 97.7 Å². The number of likely N-dealkylation sites (N-methyl/N-ethyl adjacent to an activating group) is 1. The van der Waals surface area contributed by atoms with Gasteiger partial charge in [0.15, 0.2) is 5.82 Å². The predicted molar refractivity (Wildman–Crippen MR) is 259 cm³/mol. The van der Waals surface area contributed by atoms with Gasteiger partial charge in [0.1, 0.15) is 29.3 Å². The summed E-state index contributed by atoms with van der Waals surface area (Å²) in [5.74, 6) is -0.278. The van der Waals surface area contributed by atoms with Crippen LogP contribution in [0.15, 0.2) is 46.9 Å². The van der Waals surface area contributed by atoms with Gasteiger partial charge in [0.05, 0.1) is 9.50 Å². The van der Waals surface area contributed by atoms with E-state index in [1.165, 1.54) is 11.9 Å². The van der Waals surface area contributed by atoms with Crippen LogP contribution in [0.4, 0.5) is 31.4 Å². The lowest BCUT2D eigenvalue weighted by molar-refractivity contribution is -0.125. The van der Waals surface area contributed by atoms with Crippen molar-refractivity contribution in [2.75, 3.05) is 55.3 Å². The first kappa shape index (κ1) is 50.2. The van der Waals surface area contributed by atoms with Gasteiger partial charge >= 0.3 is 12.1 Å². The van der Waals surface area contributed by atoms with Crippen molar-refractivity contribution in [3.63, 3.8) is 0 Å². The van der Waals surface area contributed by atoms with Gasteiger partial charge in [-0.2, -0.15) is 4.98 Å². The number of ether oxygens (including phenoxy) is 1. The number of nitrogens with one attached hydrogen (secondary N) is 4. The van der Waals surface area contributed by atoms with E-state index in [1.807, 2.05) is 43.9 Å². The maximum absolute atomic E-state index is 15.5. The normalized spacial score (nSPS) is 14.2. The molecule has 6 rings (SSSR count). The van der Waals surface area contributed by atoms with Gasteiger partial charge < -0.3 is 45.5 Å². The Morgan fingerprint density at radius 2 is 1.68 bits per heavy atom. The van der Waals surface area contributed by atoms with E-state index in [0.29, 0.717) is 66.1 Å². The summed E-state index contributed by atoms with van der Waals surface area (Å²) in [6, 6.07) is 11.4. The van der Waals surface area contributed by atoms with Gasteiger partial charge in [0.25, 0.3) is 5.91 Å². The van der Waals surface area contributed by atoms with Crippen molar-refractivity contribution in [2.24, 2.45) is 0 Å². The number of aromatic nitrogens is 2. The van der Waals surface area contributed by atoms with E-state index in [2.05, 4.69) is 42.2 Å². The lowest BCUT2D eigenvalue weighted by Gasteiger charge is -2.36. The number of carbonyl (C=O) groups excluding carboxylic acids is 5. The van der Waals surface area contributed by atoms with Crippen LogP contribution in [-0.4, -0.2) is 101 Å². The fraction of sp³-hybridized carbons (Fsp3) is 0.468. The van der Waals surface area contributed by atoms with Crippen molar-refractivity contribution < 1.29 is 33.1 Å². The molecule has 2 aliphatic rings. The van der Waals surface area contributed by atoms with Gasteiger partial charge in [-0.05, 0) is 109 Å². The molecule has 3 heterocycles. The molecule has 0 spiro atoms. The molecule has 0 bridgehead atoms. The molecule has 1 unspecified atom stereocenters. The zero-order valence-electron chi connectivity index (χ0n) is 37.7. The number of hydrogen-bond donors (Lipinski definition) is 4. The standard InChI is InChI=1S/C47H57BrCl2FN9O6/c1-47(2,3)66-46(65)59-19-17-58(18-20-59)41-35-26-36(50)38(48)39(51)40(35)56-44(57-41)53-16-10-8-6-5-7-9-12-29-23-32(49)25-33(24-29)55-45(64)54-27-30-14-15-34-31(22-30)28-60(43(34)63)37(13-11-21-61)42(62)52-4/h14-15,21-26,37H,5-13,16-20,27-28H2,1-4H3,(H,52,62)(H,53,56,57)(H2,54,55,64). The molecule has 5 amide bonds. The van der Waals surface area contributed by atoms with E-state index in [4.69, 9.17) is 32.9 Å². The van der Waals surface area contributed by atoms with Crippen LogP contribution in [0.1, 0.15) is 99.2 Å². The van der Waals surface area contributed by atoms with Gasteiger partial charge in [0, 0.05) is 80.9 Å². The summed E-state index contributed by atoms with van der Waals surface area (Å²) in [6.07, 6.45) is 7.48. The molecule has 1 saturated heterocycles. The number of aldehydes is 1. The number of fused-ring (bicyclic) bond motifs is 2. The Bertz CT molecular complexity index is 2430. The Labute approximate surface area is 403 Å². The number of amides is 5. The molecule has 0 aliphatic carbocycles. The molecular weight excluding hydrogens is 956 g/mol. The van der Waals surface area contributed by atoms with Crippen LogP contribution >= 0.6 is 39.1 Å². The van der Waals surface area contributed by atoms with Crippen molar-refractivity contribution in [3.8, 4) is 0 Å². The molecule has 354 valence electrons. The number of anilines is 3. The van der Waals surface area contributed by atoms with Crippen LogP contribution in [0.25, 0.3) is 10.9 Å². The number of nitrogens with zero attached hydrogens (tertiary/aromatic N) is 5. The van der Waals surface area contributed by atoms with Crippen LogP contribution in [0.3, 0.4) is 0 Å². The highest BCUT2D eigenvalue weighted by Crippen LogP contribution is 2.36. The number of piperazine rings is 1. The number of benzene rings is 3. The Morgan fingerprint density at radius 3 is 2.39 bits per heavy atom. The molecular formula is C47H57BrCl2FN9O6. The first-order valence-electron chi connectivity index (χ1n) is 22.3. The lowest BCUT2D eigenvalue weighted by atomic mass is 10.0. The minimum absolute atomic E-state index is 0.140. The van der Waals surface area contributed by atoms with Gasteiger partial charge in [-0.25, -0.2) is 19.0 Å². The zero-order valence-corrected chi connectivity index (χ0v) is 40.8. The Balaban J connectivity index is 0.919. The summed E-state index contributed by atoms with van der Waals surface area (Å²) >= 11 is 16.1. The van der Waals surface area contributed by atoms with E-state index in [9.17, 15) is 24.0 Å². The smallest absolute Gasteiger partial charge is 0.410 e. The summed E-state index contributed by atoms with van der Waals surface area (Å²) in [7, 11) is 1.50. The maximum Gasteiger partial charge on any atom is 0.410 e. The fourth-order valence-corrected chi connectivity index (χ4v) is 8.82. The van der Waals surface area contributed by atoms with E-state index < -0.39 is 23.5 Å². The highest BCUT2D eigenvalue weighted by molar-refractivity contribution is 9.10. The molecule has 1 fully saturated rings. The fourth-order valence-electron chi connectivity index (χ4n) is 8.07. The number of halogens is 4. The van der Waals surface area contributed by atoms with Gasteiger partial charge in [-0.15, -0.1) is 0 Å². The van der Waals surface area contributed by atoms with E-state index in [-0.39, 0.29) is 58.9 Å². The van der Waals surface area contributed by atoms with Crippen LogP contribution in [0, 0.1) is 5.82 Å². The van der Waals surface area contributed by atoms with Gasteiger partial charge in [-0.3, -0.25) is 9.59 Å². The molecule has 2 aliphatic heterocycles. The van der Waals surface area contributed by atoms with Gasteiger partial charge in [0.2, 0.25) is 11.9 Å². The number of urea groups is 1. The molecule has 15 nitrogen and oxygen atoms in total. The molecule has 66 heavy (non-hydrogen) atoms. The summed E-state index contributed by atoms with van der Waals surface area (Å²) < 4.78 is 21.2. The molecule has 19 heteroatoms. The molecule has 4 N–H and O–H groups in total. The first-order chi connectivity index (χ1) is 31.5. The third kappa shape index (κ3) is 13.2. The van der Waals surface area contributed by atoms with E-state index in [0.717, 1.165) is 67.9 Å². The second kappa shape index (κ2) is 23.0. The number of rotatable bonds is 19. The average molecular weight is 1010 g/mol. The lowest BCUT2D eigenvalue weighted by Crippen LogP contribution is -2.50. The molecule has 1 atom stereocenters. The summed E-state index contributed by atoms with van der Waals surface area (Å²) in [4.78, 5) is 76.7. The second-order valence-electron chi connectivity index (χ2n) is 17.5. The minimum Gasteiger partial charge on any atom is -0.444 e. The van der Waals surface area contributed by atoms with E-state index in [1.54, 1.807) is 29.2 Å². The van der Waals surface area contributed by atoms with Crippen molar-refractivity contribution in [2.45, 2.75) is 103 Å². The molecule has 0 radical (unpaired) electrons. The Hall–Kier alpha value is -5.26.